The van der Waals surface area contributed by atoms with Crippen molar-refractivity contribution in [3.8, 4) is 0 Å². The van der Waals surface area contributed by atoms with Gasteiger partial charge in [0.15, 0.2) is 0 Å². The molecule has 1 aromatic rings. The van der Waals surface area contributed by atoms with Gasteiger partial charge in [-0.2, -0.15) is 0 Å². The fourth-order valence-electron chi connectivity index (χ4n) is 2.19. The van der Waals surface area contributed by atoms with Crippen LogP contribution in [0.2, 0.25) is 0 Å². The number of unbranched alkanes of at least 4 members (excludes halogenated alkanes) is 3. The highest BCUT2D eigenvalue weighted by atomic mass is 16.3. The zero-order chi connectivity index (χ0) is 13.2. The minimum Gasteiger partial charge on any atom is -0.393 e. The summed E-state index contributed by atoms with van der Waals surface area (Å²) in [5.41, 5.74) is 2.63. The van der Waals surface area contributed by atoms with Crippen LogP contribution in [0.5, 0.6) is 0 Å². The molecule has 0 heterocycles. The van der Waals surface area contributed by atoms with Gasteiger partial charge in [0.25, 0.3) is 0 Å². The molecule has 1 heteroatoms. The Balaban J connectivity index is 2.13. The Morgan fingerprint density at radius 3 is 2.78 bits per heavy atom. The number of allylic oxidation sites excluding steroid dienone is 1. The first-order chi connectivity index (χ1) is 8.72. The van der Waals surface area contributed by atoms with Gasteiger partial charge in [-0.05, 0) is 44.6 Å². The lowest BCUT2D eigenvalue weighted by molar-refractivity contribution is 0.151. The first-order valence-electron chi connectivity index (χ1n) is 7.07. The molecule has 0 aromatic heterocycles. The normalized spacial score (nSPS) is 12.3. The predicted octanol–water partition coefficient (Wildman–Crippen LogP) is 4.43. The molecule has 0 saturated heterocycles. The van der Waals surface area contributed by atoms with Crippen LogP contribution in [-0.2, 0) is 6.42 Å². The van der Waals surface area contributed by atoms with Crippen LogP contribution < -0.4 is 0 Å². The first-order valence-corrected chi connectivity index (χ1v) is 7.07. The van der Waals surface area contributed by atoms with E-state index < -0.39 is 0 Å². The molecule has 1 atom stereocenters. The fourth-order valence-corrected chi connectivity index (χ4v) is 2.19. The van der Waals surface area contributed by atoms with E-state index in [2.05, 4.69) is 37.8 Å². The van der Waals surface area contributed by atoms with Crippen LogP contribution in [0.4, 0.5) is 0 Å². The van der Waals surface area contributed by atoms with Gasteiger partial charge in [-0.1, -0.05) is 48.7 Å². The number of aliphatic hydroxyl groups is 1. The Kier molecular flexibility index (Phi) is 7.43. The van der Waals surface area contributed by atoms with Gasteiger partial charge < -0.3 is 5.11 Å². The van der Waals surface area contributed by atoms with E-state index in [0.29, 0.717) is 0 Å². The number of aliphatic hydroxyl groups excluding tert-OH is 1. The summed E-state index contributed by atoms with van der Waals surface area (Å²) in [5, 5.41) is 9.92. The van der Waals surface area contributed by atoms with E-state index in [1.54, 1.807) is 0 Å². The van der Waals surface area contributed by atoms with Crippen LogP contribution in [0.3, 0.4) is 0 Å². The van der Waals surface area contributed by atoms with Gasteiger partial charge in [0.2, 0.25) is 0 Å². The molecular weight excluding hydrogens is 220 g/mol. The molecule has 0 bridgehead atoms. The third-order valence-corrected chi connectivity index (χ3v) is 3.29. The molecular formula is C17H26O. The van der Waals surface area contributed by atoms with Crippen molar-refractivity contribution < 1.29 is 5.11 Å². The van der Waals surface area contributed by atoms with Gasteiger partial charge in [0.1, 0.15) is 0 Å². The van der Waals surface area contributed by atoms with Crippen molar-refractivity contribution in [3.05, 3.63) is 48.0 Å². The molecule has 0 aliphatic heterocycles. The lowest BCUT2D eigenvalue weighted by atomic mass is 10.0. The lowest BCUT2D eigenvalue weighted by Crippen LogP contribution is -2.07. The Hall–Kier alpha value is -1.08. The van der Waals surface area contributed by atoms with Gasteiger partial charge in [-0.25, -0.2) is 0 Å². The van der Waals surface area contributed by atoms with E-state index in [9.17, 15) is 5.11 Å². The molecule has 0 fully saturated rings. The summed E-state index contributed by atoms with van der Waals surface area (Å²) in [6, 6.07) is 8.55. The molecule has 1 rings (SSSR count). The molecule has 1 unspecified atom stereocenters. The number of benzene rings is 1. The third kappa shape index (κ3) is 6.61. The van der Waals surface area contributed by atoms with Gasteiger partial charge in [-0.15, -0.1) is 6.58 Å². The summed E-state index contributed by atoms with van der Waals surface area (Å²) in [6.07, 6.45) is 9.25. The molecule has 0 aliphatic rings. The van der Waals surface area contributed by atoms with E-state index in [1.807, 2.05) is 6.08 Å². The van der Waals surface area contributed by atoms with E-state index in [4.69, 9.17) is 0 Å². The molecule has 18 heavy (non-hydrogen) atoms. The standard InChI is InChI=1S/C17H26O/c1-3-4-5-6-7-11-17(18)13-12-16-10-8-9-15(2)14-16/h3,8-10,14,17-18H,1,4-7,11-13H2,2H3. The molecule has 1 aromatic carbocycles. The number of rotatable bonds is 9. The molecule has 100 valence electrons. The number of aryl methyl sites for hydroxylation is 2. The fraction of sp³-hybridized carbons (Fsp3) is 0.529. The lowest BCUT2D eigenvalue weighted by Gasteiger charge is -2.10. The second-order valence-electron chi connectivity index (χ2n) is 5.11. The summed E-state index contributed by atoms with van der Waals surface area (Å²) >= 11 is 0. The minimum absolute atomic E-state index is 0.144. The van der Waals surface area contributed by atoms with E-state index in [1.165, 1.54) is 24.0 Å². The van der Waals surface area contributed by atoms with Crippen molar-refractivity contribution >= 4 is 0 Å². The Labute approximate surface area is 112 Å². The van der Waals surface area contributed by atoms with Crippen molar-refractivity contribution in [2.24, 2.45) is 0 Å². The summed E-state index contributed by atoms with van der Waals surface area (Å²) < 4.78 is 0. The molecule has 0 amide bonds. The average molecular weight is 246 g/mol. The molecule has 0 aliphatic carbocycles. The van der Waals surface area contributed by atoms with Gasteiger partial charge in [0.05, 0.1) is 6.10 Å². The molecule has 0 radical (unpaired) electrons. The monoisotopic (exact) mass is 246 g/mol. The van der Waals surface area contributed by atoms with Crippen LogP contribution in [0.15, 0.2) is 36.9 Å². The Morgan fingerprint density at radius 2 is 2.06 bits per heavy atom. The minimum atomic E-state index is -0.144. The van der Waals surface area contributed by atoms with Gasteiger partial charge >= 0.3 is 0 Å². The zero-order valence-corrected chi connectivity index (χ0v) is 11.6. The van der Waals surface area contributed by atoms with Crippen LogP contribution in [-0.4, -0.2) is 11.2 Å². The highest BCUT2D eigenvalue weighted by Crippen LogP contribution is 2.12. The molecule has 0 saturated carbocycles. The van der Waals surface area contributed by atoms with Gasteiger partial charge in [-0.3, -0.25) is 0 Å². The average Bonchev–Trinajstić information content (AvgIpc) is 2.36. The van der Waals surface area contributed by atoms with Crippen LogP contribution in [0.25, 0.3) is 0 Å². The maximum atomic E-state index is 9.92. The second kappa shape index (κ2) is 8.93. The summed E-state index contributed by atoms with van der Waals surface area (Å²) in [6.45, 7) is 5.82. The first kappa shape index (κ1) is 15.0. The largest absolute Gasteiger partial charge is 0.393 e. The maximum Gasteiger partial charge on any atom is 0.0543 e. The van der Waals surface area contributed by atoms with Crippen molar-refractivity contribution in [1.29, 1.82) is 0 Å². The van der Waals surface area contributed by atoms with Crippen molar-refractivity contribution in [2.75, 3.05) is 0 Å². The SMILES string of the molecule is C=CCCCCCC(O)CCc1cccc(C)c1. The van der Waals surface area contributed by atoms with Crippen molar-refractivity contribution in [2.45, 2.75) is 58.0 Å². The van der Waals surface area contributed by atoms with E-state index >= 15 is 0 Å². The molecule has 1 nitrogen and oxygen atoms in total. The van der Waals surface area contributed by atoms with Crippen LogP contribution in [0.1, 0.15) is 49.7 Å². The maximum absolute atomic E-state index is 9.92. The quantitative estimate of drug-likeness (QED) is 0.505. The highest BCUT2D eigenvalue weighted by molar-refractivity contribution is 5.22. The zero-order valence-electron chi connectivity index (χ0n) is 11.6. The predicted molar refractivity (Wildman–Crippen MR) is 78.8 cm³/mol. The Bertz CT molecular complexity index is 343. The summed E-state index contributed by atoms with van der Waals surface area (Å²) in [5.74, 6) is 0. The smallest absolute Gasteiger partial charge is 0.0543 e. The van der Waals surface area contributed by atoms with E-state index in [0.717, 1.165) is 32.1 Å². The van der Waals surface area contributed by atoms with Crippen molar-refractivity contribution in [3.63, 3.8) is 0 Å². The molecule has 1 N–H and O–H groups in total. The summed E-state index contributed by atoms with van der Waals surface area (Å²) in [4.78, 5) is 0. The Morgan fingerprint density at radius 1 is 1.22 bits per heavy atom. The third-order valence-electron chi connectivity index (χ3n) is 3.29. The topological polar surface area (TPSA) is 20.2 Å². The number of hydrogen-bond acceptors (Lipinski definition) is 1. The second-order valence-corrected chi connectivity index (χ2v) is 5.11. The van der Waals surface area contributed by atoms with Gasteiger partial charge in [0, 0.05) is 0 Å². The highest BCUT2D eigenvalue weighted by Gasteiger charge is 2.04. The number of hydrogen-bond donors (Lipinski definition) is 1. The van der Waals surface area contributed by atoms with E-state index in [-0.39, 0.29) is 6.10 Å². The molecule has 0 spiro atoms. The summed E-state index contributed by atoms with van der Waals surface area (Å²) in [7, 11) is 0. The van der Waals surface area contributed by atoms with Crippen LogP contribution in [0, 0.1) is 6.92 Å². The van der Waals surface area contributed by atoms with Crippen molar-refractivity contribution in [1.82, 2.24) is 0 Å². The van der Waals surface area contributed by atoms with Crippen LogP contribution >= 0.6 is 0 Å².